The van der Waals surface area contributed by atoms with Crippen LogP contribution in [0.15, 0.2) is 18.2 Å². The molecule has 0 aliphatic heterocycles. The molecule has 1 aromatic rings. The van der Waals surface area contributed by atoms with Gasteiger partial charge in [0, 0.05) is 18.0 Å². The molecule has 1 unspecified atom stereocenters. The minimum Gasteiger partial charge on any atom is -0.497 e. The van der Waals surface area contributed by atoms with E-state index in [1.54, 1.807) is 7.11 Å². The molecule has 0 heterocycles. The van der Waals surface area contributed by atoms with Gasteiger partial charge in [-0.1, -0.05) is 6.07 Å². The average molecular weight is 288 g/mol. The Hall–Kier alpha value is -1.55. The van der Waals surface area contributed by atoms with Crippen molar-refractivity contribution < 1.29 is 9.53 Å². The number of methoxy groups -OCH3 is 1. The number of carbonyl (C=O) groups is 1. The predicted octanol–water partition coefficient (Wildman–Crippen LogP) is 2.32. The van der Waals surface area contributed by atoms with Crippen molar-refractivity contribution in [3.05, 3.63) is 29.3 Å². The minimum atomic E-state index is -0.135. The molecular weight excluding hydrogens is 264 g/mol. The largest absolute Gasteiger partial charge is 0.497 e. The molecule has 1 atom stereocenters. The van der Waals surface area contributed by atoms with Crippen molar-refractivity contribution >= 4 is 5.91 Å². The summed E-state index contributed by atoms with van der Waals surface area (Å²) in [6.07, 6.45) is 6.22. The van der Waals surface area contributed by atoms with E-state index in [1.807, 2.05) is 6.07 Å². The van der Waals surface area contributed by atoms with Gasteiger partial charge < -0.3 is 15.8 Å². The first-order chi connectivity index (χ1) is 10.2. The molecule has 0 bridgehead atoms. The number of carbonyl (C=O) groups excluding carboxylic acids is 1. The van der Waals surface area contributed by atoms with Crippen LogP contribution in [0.25, 0.3) is 0 Å². The first kappa shape index (κ1) is 14.4. The molecule has 2 aliphatic carbocycles. The van der Waals surface area contributed by atoms with Crippen molar-refractivity contribution in [1.29, 1.82) is 0 Å². The van der Waals surface area contributed by atoms with Crippen LogP contribution in [0.2, 0.25) is 0 Å². The Bertz CT molecular complexity index is 522. The van der Waals surface area contributed by atoms with Crippen molar-refractivity contribution in [3.8, 4) is 5.75 Å². The summed E-state index contributed by atoms with van der Waals surface area (Å²) in [6, 6.07) is 7.31. The Morgan fingerprint density at radius 1 is 1.24 bits per heavy atom. The molecule has 1 amide bonds. The molecule has 21 heavy (non-hydrogen) atoms. The second-order valence-electron chi connectivity index (χ2n) is 6.27. The average Bonchev–Trinajstić information content (AvgIpc) is 2.90. The Labute approximate surface area is 126 Å². The number of benzene rings is 1. The summed E-state index contributed by atoms with van der Waals surface area (Å²) in [5, 5.41) is 3.78. The highest BCUT2D eigenvalue weighted by molar-refractivity contribution is 5.76. The van der Waals surface area contributed by atoms with E-state index in [1.165, 1.54) is 11.1 Å². The number of hydrogen-bond donors (Lipinski definition) is 2. The summed E-state index contributed by atoms with van der Waals surface area (Å²) in [5.41, 5.74) is 8.21. The van der Waals surface area contributed by atoms with Crippen LogP contribution in [0.1, 0.15) is 49.3 Å². The molecule has 3 rings (SSSR count). The fourth-order valence-electron chi connectivity index (χ4n) is 3.71. The molecule has 114 valence electrons. The number of aryl methyl sites for hydroxylation is 1. The highest BCUT2D eigenvalue weighted by Gasteiger charge is 2.29. The number of nitrogens with one attached hydrogen (secondary N) is 1. The van der Waals surface area contributed by atoms with Crippen LogP contribution in [-0.2, 0) is 11.2 Å². The fourth-order valence-corrected chi connectivity index (χ4v) is 3.71. The van der Waals surface area contributed by atoms with Gasteiger partial charge in [-0.05, 0) is 61.8 Å². The van der Waals surface area contributed by atoms with Crippen molar-refractivity contribution in [2.24, 2.45) is 11.7 Å². The van der Waals surface area contributed by atoms with Crippen LogP contribution in [0.3, 0.4) is 0 Å². The molecule has 2 aliphatic rings. The van der Waals surface area contributed by atoms with Crippen LogP contribution < -0.4 is 15.8 Å². The fraction of sp³-hybridized carbons (Fsp3) is 0.588. The molecule has 4 nitrogen and oxygen atoms in total. The third-order valence-electron chi connectivity index (χ3n) is 5.00. The van der Waals surface area contributed by atoms with E-state index in [0.717, 1.165) is 44.3 Å². The van der Waals surface area contributed by atoms with E-state index >= 15 is 0 Å². The third kappa shape index (κ3) is 3.05. The number of primary amides is 1. The Morgan fingerprint density at radius 2 is 2.00 bits per heavy atom. The maximum atomic E-state index is 11.2. The molecule has 0 radical (unpaired) electrons. The number of nitrogens with two attached hydrogens (primary N) is 1. The van der Waals surface area contributed by atoms with Gasteiger partial charge in [0.25, 0.3) is 0 Å². The van der Waals surface area contributed by atoms with Crippen molar-refractivity contribution in [2.45, 2.75) is 50.6 Å². The summed E-state index contributed by atoms with van der Waals surface area (Å²) in [6.45, 7) is 0. The standard InChI is InChI=1S/C17H24N2O2/c1-21-14-8-4-11-5-9-16(15(11)10-14)19-13-6-2-12(3-7-13)17(18)20/h4,8,10,12-13,16,19H,2-3,5-7,9H2,1H3,(H2,18,20). The first-order valence-corrected chi connectivity index (χ1v) is 7.89. The van der Waals surface area contributed by atoms with E-state index in [9.17, 15) is 4.79 Å². The molecule has 4 heteroatoms. The number of ether oxygens (including phenoxy) is 1. The van der Waals surface area contributed by atoms with Gasteiger partial charge in [-0.25, -0.2) is 0 Å². The molecule has 1 aromatic carbocycles. The number of hydrogen-bond acceptors (Lipinski definition) is 3. The lowest BCUT2D eigenvalue weighted by Crippen LogP contribution is -2.38. The first-order valence-electron chi connectivity index (χ1n) is 7.89. The molecule has 1 fully saturated rings. The van der Waals surface area contributed by atoms with E-state index in [4.69, 9.17) is 10.5 Å². The topological polar surface area (TPSA) is 64.3 Å². The second-order valence-corrected chi connectivity index (χ2v) is 6.27. The zero-order valence-corrected chi connectivity index (χ0v) is 12.6. The summed E-state index contributed by atoms with van der Waals surface area (Å²) < 4.78 is 5.34. The zero-order valence-electron chi connectivity index (χ0n) is 12.6. The Kier molecular flexibility index (Phi) is 4.15. The minimum absolute atomic E-state index is 0.0824. The van der Waals surface area contributed by atoms with Crippen LogP contribution in [0, 0.1) is 5.92 Å². The van der Waals surface area contributed by atoms with Crippen LogP contribution in [0.5, 0.6) is 5.75 Å². The SMILES string of the molecule is COc1ccc2c(c1)C(NC1CCC(C(N)=O)CC1)CC2. The van der Waals surface area contributed by atoms with Gasteiger partial charge in [0.05, 0.1) is 7.11 Å². The lowest BCUT2D eigenvalue weighted by molar-refractivity contribution is -0.122. The second kappa shape index (κ2) is 6.06. The van der Waals surface area contributed by atoms with Gasteiger partial charge >= 0.3 is 0 Å². The van der Waals surface area contributed by atoms with Gasteiger partial charge in [-0.15, -0.1) is 0 Å². The molecule has 3 N–H and O–H groups in total. The lowest BCUT2D eigenvalue weighted by atomic mass is 9.85. The van der Waals surface area contributed by atoms with Crippen LogP contribution in [-0.4, -0.2) is 19.1 Å². The van der Waals surface area contributed by atoms with E-state index in [0.29, 0.717) is 12.1 Å². The number of fused-ring (bicyclic) bond motifs is 1. The molecule has 0 spiro atoms. The maximum Gasteiger partial charge on any atom is 0.220 e. The maximum absolute atomic E-state index is 11.2. The monoisotopic (exact) mass is 288 g/mol. The predicted molar refractivity (Wildman–Crippen MR) is 82.1 cm³/mol. The lowest BCUT2D eigenvalue weighted by Gasteiger charge is -2.30. The quantitative estimate of drug-likeness (QED) is 0.893. The molecule has 0 aromatic heterocycles. The number of amides is 1. The van der Waals surface area contributed by atoms with Gasteiger partial charge in [0.1, 0.15) is 5.75 Å². The third-order valence-corrected chi connectivity index (χ3v) is 5.00. The zero-order chi connectivity index (χ0) is 14.8. The molecule has 0 saturated heterocycles. The van der Waals surface area contributed by atoms with E-state index in [-0.39, 0.29) is 11.8 Å². The van der Waals surface area contributed by atoms with Gasteiger partial charge in [0.15, 0.2) is 0 Å². The van der Waals surface area contributed by atoms with Crippen LogP contribution >= 0.6 is 0 Å². The van der Waals surface area contributed by atoms with Gasteiger partial charge in [-0.3, -0.25) is 4.79 Å². The molecular formula is C17H24N2O2. The summed E-state index contributed by atoms with van der Waals surface area (Å²) in [7, 11) is 1.71. The summed E-state index contributed by atoms with van der Waals surface area (Å²) in [4.78, 5) is 11.2. The Balaban J connectivity index is 1.62. The van der Waals surface area contributed by atoms with Crippen molar-refractivity contribution in [2.75, 3.05) is 7.11 Å². The highest BCUT2D eigenvalue weighted by Crippen LogP contribution is 2.35. The van der Waals surface area contributed by atoms with E-state index < -0.39 is 0 Å². The van der Waals surface area contributed by atoms with Crippen LogP contribution in [0.4, 0.5) is 0 Å². The number of rotatable bonds is 4. The van der Waals surface area contributed by atoms with Gasteiger partial charge in [-0.2, -0.15) is 0 Å². The normalized spacial score (nSPS) is 28.1. The summed E-state index contributed by atoms with van der Waals surface area (Å²) >= 11 is 0. The smallest absolute Gasteiger partial charge is 0.220 e. The van der Waals surface area contributed by atoms with Crippen molar-refractivity contribution in [1.82, 2.24) is 5.32 Å². The van der Waals surface area contributed by atoms with E-state index in [2.05, 4.69) is 17.4 Å². The van der Waals surface area contributed by atoms with Gasteiger partial charge in [0.2, 0.25) is 5.91 Å². The van der Waals surface area contributed by atoms with Crippen molar-refractivity contribution in [3.63, 3.8) is 0 Å². The molecule has 1 saturated carbocycles. The highest BCUT2D eigenvalue weighted by atomic mass is 16.5. The summed E-state index contributed by atoms with van der Waals surface area (Å²) in [5.74, 6) is 0.878. The Morgan fingerprint density at radius 3 is 2.67 bits per heavy atom.